The lowest BCUT2D eigenvalue weighted by atomic mass is 10.2. The second kappa shape index (κ2) is 8.01. The Kier molecular flexibility index (Phi) is 7.48. The Morgan fingerprint density at radius 2 is 1.89 bits per heavy atom. The van der Waals surface area contributed by atoms with Gasteiger partial charge in [0.15, 0.2) is 0 Å². The van der Waals surface area contributed by atoms with Gasteiger partial charge >= 0.3 is 5.97 Å². The van der Waals surface area contributed by atoms with Gasteiger partial charge in [-0.15, -0.1) is 0 Å². The zero-order chi connectivity index (χ0) is 14.2. The predicted molar refractivity (Wildman–Crippen MR) is 65.1 cm³/mol. The summed E-state index contributed by atoms with van der Waals surface area (Å²) in [6, 6.07) is 0. The Labute approximate surface area is 106 Å². The van der Waals surface area contributed by atoms with Crippen LogP contribution in [-0.4, -0.2) is 56.8 Å². The van der Waals surface area contributed by atoms with Gasteiger partial charge in [0.05, 0.1) is 6.26 Å². The molecule has 0 saturated carbocycles. The minimum atomic E-state index is -3.18. The topological polar surface area (TPSA) is 116 Å². The number of nitrogens with zero attached hydrogens (tertiary/aromatic N) is 1. The molecule has 0 saturated heterocycles. The number of likely N-dealkylation sites (N-methyl/N-ethyl adjacent to an activating group) is 1. The summed E-state index contributed by atoms with van der Waals surface area (Å²) < 4.78 is 23.8. The quantitative estimate of drug-likeness (QED) is 0.359. The van der Waals surface area contributed by atoms with Gasteiger partial charge in [0, 0.05) is 20.0 Å². The number of aliphatic carboxylic acids is 1. The molecule has 1 amide bonds. The Balaban J connectivity index is 3.62. The first kappa shape index (κ1) is 16.8. The van der Waals surface area contributed by atoms with Gasteiger partial charge in [-0.2, -0.15) is 0 Å². The molecule has 9 heteroatoms. The number of sulfonamides is 1. The third-order valence-electron chi connectivity index (χ3n) is 1.88. The summed E-state index contributed by atoms with van der Waals surface area (Å²) >= 11 is 0. The molecule has 8 nitrogen and oxygen atoms in total. The van der Waals surface area contributed by atoms with Crippen molar-refractivity contribution in [3.63, 3.8) is 0 Å². The van der Waals surface area contributed by atoms with Crippen LogP contribution >= 0.6 is 0 Å². The highest BCUT2D eigenvalue weighted by Crippen LogP contribution is 1.95. The van der Waals surface area contributed by atoms with Crippen LogP contribution in [0.4, 0.5) is 0 Å². The van der Waals surface area contributed by atoms with E-state index in [4.69, 9.17) is 5.11 Å². The van der Waals surface area contributed by atoms with Crippen molar-refractivity contribution < 1.29 is 23.1 Å². The molecule has 0 spiro atoms. The van der Waals surface area contributed by atoms with Crippen molar-refractivity contribution in [1.82, 2.24) is 15.2 Å². The van der Waals surface area contributed by atoms with E-state index in [2.05, 4.69) is 10.1 Å². The van der Waals surface area contributed by atoms with E-state index < -0.39 is 16.0 Å². The van der Waals surface area contributed by atoms with Crippen LogP contribution in [0.5, 0.6) is 0 Å². The number of hydrazine groups is 1. The van der Waals surface area contributed by atoms with Crippen LogP contribution in [0.2, 0.25) is 0 Å². The number of carbonyl (C=O) groups excluding carboxylic acids is 1. The Morgan fingerprint density at radius 1 is 1.28 bits per heavy atom. The van der Waals surface area contributed by atoms with Gasteiger partial charge in [-0.05, 0) is 12.8 Å². The Bertz CT molecular complexity index is 382. The molecule has 0 aromatic heterocycles. The minimum absolute atomic E-state index is 0.218. The van der Waals surface area contributed by atoms with Crippen molar-refractivity contribution in [2.75, 3.05) is 26.4 Å². The summed E-state index contributed by atoms with van der Waals surface area (Å²) in [6.45, 7) is 0.0124. The van der Waals surface area contributed by atoms with E-state index in [-0.39, 0.29) is 25.4 Å². The molecule has 0 radical (unpaired) electrons. The molecule has 0 heterocycles. The number of nitrogens with one attached hydrogen (secondary N) is 2. The third-order valence-corrected chi connectivity index (χ3v) is 2.61. The molecule has 0 aromatic carbocycles. The van der Waals surface area contributed by atoms with Gasteiger partial charge in [0.1, 0.15) is 6.54 Å². The third kappa shape index (κ3) is 11.3. The summed E-state index contributed by atoms with van der Waals surface area (Å²) in [6.07, 6.45) is 2.36. The van der Waals surface area contributed by atoms with Gasteiger partial charge in [-0.1, -0.05) is 0 Å². The van der Waals surface area contributed by atoms with Gasteiger partial charge in [0.2, 0.25) is 15.9 Å². The SMILES string of the molecule is CN(CC(=O)O)NC(=O)CCCCNS(C)(=O)=O. The standard InChI is InChI=1S/C9H19N3O5S/c1-12(7-9(14)15)11-8(13)5-3-4-6-10-18(2,16)17/h10H,3-7H2,1-2H3,(H,11,13)(H,14,15). The zero-order valence-corrected chi connectivity index (χ0v) is 11.3. The van der Waals surface area contributed by atoms with Crippen LogP contribution < -0.4 is 10.1 Å². The molecule has 0 bridgehead atoms. The lowest BCUT2D eigenvalue weighted by molar-refractivity contribution is -0.139. The monoisotopic (exact) mass is 281 g/mol. The second-order valence-corrected chi connectivity index (χ2v) is 5.74. The smallest absolute Gasteiger partial charge is 0.319 e. The summed E-state index contributed by atoms with van der Waals surface area (Å²) in [7, 11) is -1.73. The van der Waals surface area contributed by atoms with E-state index in [1.807, 2.05) is 0 Å². The molecule has 0 aliphatic carbocycles. The summed E-state index contributed by atoms with van der Waals surface area (Å²) in [5.41, 5.74) is 2.39. The van der Waals surface area contributed by atoms with E-state index in [1.54, 1.807) is 0 Å². The molecular weight excluding hydrogens is 262 g/mol. The molecule has 18 heavy (non-hydrogen) atoms. The summed E-state index contributed by atoms with van der Waals surface area (Å²) in [4.78, 5) is 21.6. The first-order valence-electron chi connectivity index (χ1n) is 5.38. The highest BCUT2D eigenvalue weighted by atomic mass is 32.2. The minimum Gasteiger partial charge on any atom is -0.480 e. The number of hydrogen-bond acceptors (Lipinski definition) is 5. The van der Waals surface area contributed by atoms with Crippen LogP contribution in [0.25, 0.3) is 0 Å². The van der Waals surface area contributed by atoms with Gasteiger partial charge in [0.25, 0.3) is 0 Å². The largest absolute Gasteiger partial charge is 0.480 e. The van der Waals surface area contributed by atoms with Gasteiger partial charge in [-0.25, -0.2) is 18.1 Å². The Morgan fingerprint density at radius 3 is 2.39 bits per heavy atom. The second-order valence-electron chi connectivity index (χ2n) is 3.91. The number of amides is 1. The highest BCUT2D eigenvalue weighted by molar-refractivity contribution is 7.88. The summed E-state index contributed by atoms with van der Waals surface area (Å²) in [5.74, 6) is -1.33. The molecule has 0 aliphatic heterocycles. The normalized spacial score (nSPS) is 11.5. The van der Waals surface area contributed by atoms with Crippen molar-refractivity contribution in [2.24, 2.45) is 0 Å². The number of hydrogen-bond donors (Lipinski definition) is 3. The van der Waals surface area contributed by atoms with Gasteiger partial charge < -0.3 is 5.11 Å². The van der Waals surface area contributed by atoms with E-state index in [9.17, 15) is 18.0 Å². The molecule has 3 N–H and O–H groups in total. The fourth-order valence-corrected chi connectivity index (χ4v) is 1.69. The fourth-order valence-electron chi connectivity index (χ4n) is 1.18. The number of carbonyl (C=O) groups is 2. The van der Waals surface area contributed by atoms with Crippen molar-refractivity contribution in [3.05, 3.63) is 0 Å². The maximum atomic E-state index is 11.3. The number of rotatable bonds is 9. The van der Waals surface area contributed by atoms with Crippen LogP contribution in [-0.2, 0) is 19.6 Å². The van der Waals surface area contributed by atoms with E-state index in [0.717, 1.165) is 6.26 Å². The molecule has 0 unspecified atom stereocenters. The maximum Gasteiger partial charge on any atom is 0.319 e. The van der Waals surface area contributed by atoms with Crippen molar-refractivity contribution in [2.45, 2.75) is 19.3 Å². The van der Waals surface area contributed by atoms with Crippen molar-refractivity contribution in [3.8, 4) is 0 Å². The van der Waals surface area contributed by atoms with Gasteiger partial charge in [-0.3, -0.25) is 15.0 Å². The predicted octanol–water partition coefficient (Wildman–Crippen LogP) is -1.25. The molecular formula is C9H19N3O5S. The fraction of sp³-hybridized carbons (Fsp3) is 0.778. The summed E-state index contributed by atoms with van der Waals surface area (Å²) in [5, 5.41) is 9.64. The van der Waals surface area contributed by atoms with Crippen LogP contribution in [0, 0.1) is 0 Å². The Hall–Kier alpha value is -1.19. The molecule has 0 atom stereocenters. The number of carboxylic acid groups (broad SMARTS) is 1. The van der Waals surface area contributed by atoms with Crippen molar-refractivity contribution in [1.29, 1.82) is 0 Å². The first-order valence-corrected chi connectivity index (χ1v) is 7.27. The van der Waals surface area contributed by atoms with Crippen LogP contribution in [0.15, 0.2) is 0 Å². The van der Waals surface area contributed by atoms with Crippen LogP contribution in [0.3, 0.4) is 0 Å². The highest BCUT2D eigenvalue weighted by Gasteiger charge is 2.08. The lowest BCUT2D eigenvalue weighted by Crippen LogP contribution is -2.42. The average Bonchev–Trinajstić information content (AvgIpc) is 2.13. The average molecular weight is 281 g/mol. The van der Waals surface area contributed by atoms with Crippen molar-refractivity contribution >= 4 is 21.9 Å². The number of unbranched alkanes of at least 4 members (excludes halogenated alkanes) is 1. The molecule has 0 aromatic rings. The molecule has 106 valence electrons. The van der Waals surface area contributed by atoms with Crippen LogP contribution in [0.1, 0.15) is 19.3 Å². The molecule has 0 aliphatic rings. The first-order chi connectivity index (χ1) is 8.20. The molecule has 0 fully saturated rings. The maximum absolute atomic E-state index is 11.3. The zero-order valence-electron chi connectivity index (χ0n) is 10.5. The van der Waals surface area contributed by atoms with E-state index >= 15 is 0 Å². The molecule has 0 rings (SSSR count). The lowest BCUT2D eigenvalue weighted by Gasteiger charge is -2.15. The number of carboxylic acids is 1. The van der Waals surface area contributed by atoms with E-state index in [1.165, 1.54) is 12.1 Å². The van der Waals surface area contributed by atoms with E-state index in [0.29, 0.717) is 12.8 Å².